The molecule has 17 heavy (non-hydrogen) atoms. The van der Waals surface area contributed by atoms with Gasteiger partial charge >= 0.3 is 6.18 Å². The van der Waals surface area contributed by atoms with Gasteiger partial charge in [-0.15, -0.1) is 0 Å². The topological polar surface area (TPSA) is 61.4 Å². The first kappa shape index (κ1) is 13.8. The summed E-state index contributed by atoms with van der Waals surface area (Å²) in [6, 6.07) is -0.862. The van der Waals surface area contributed by atoms with Gasteiger partial charge in [-0.05, 0) is 0 Å². The van der Waals surface area contributed by atoms with E-state index in [9.17, 15) is 22.8 Å². The van der Waals surface area contributed by atoms with Crippen LogP contribution < -0.4 is 10.6 Å². The maximum absolute atomic E-state index is 11.9. The molecule has 0 aromatic rings. The number of nitrogens with zero attached hydrogens (tertiary/aromatic N) is 1. The Morgan fingerprint density at radius 3 is 2.65 bits per heavy atom. The number of hydrogen-bond acceptors (Lipinski definition) is 3. The first-order valence-corrected chi connectivity index (χ1v) is 4.92. The van der Waals surface area contributed by atoms with Crippen molar-refractivity contribution in [2.24, 2.45) is 0 Å². The predicted octanol–water partition coefficient (Wildman–Crippen LogP) is -0.773. The molecule has 1 fully saturated rings. The summed E-state index contributed by atoms with van der Waals surface area (Å²) in [5, 5.41) is 4.46. The van der Waals surface area contributed by atoms with Crippen molar-refractivity contribution in [2.75, 3.05) is 26.2 Å². The molecule has 0 aliphatic carbocycles. The highest BCUT2D eigenvalue weighted by atomic mass is 19.4. The van der Waals surface area contributed by atoms with Gasteiger partial charge in [0.05, 0.1) is 0 Å². The minimum atomic E-state index is -4.45. The number of amides is 2. The summed E-state index contributed by atoms with van der Waals surface area (Å²) in [6.45, 7) is -0.773. The number of piperazine rings is 1. The van der Waals surface area contributed by atoms with Crippen LogP contribution in [-0.2, 0) is 4.79 Å². The second-order valence-electron chi connectivity index (χ2n) is 3.62. The van der Waals surface area contributed by atoms with Crippen LogP contribution in [-0.4, -0.2) is 62.9 Å². The minimum Gasteiger partial charge on any atom is -0.349 e. The largest absolute Gasteiger partial charge is 0.405 e. The molecule has 0 aromatic carbocycles. The normalized spacial score (nSPS) is 21.1. The lowest BCUT2D eigenvalue weighted by Gasteiger charge is -2.32. The third-order valence-electron chi connectivity index (χ3n) is 2.27. The molecule has 0 aromatic heterocycles. The molecule has 1 heterocycles. The SMILES string of the molecule is [B]C(=O)N1CCN[C@H](C(=O)NCC(F)(F)F)C1. The van der Waals surface area contributed by atoms with Gasteiger partial charge in [-0.1, -0.05) is 0 Å². The number of carbonyl (C=O) groups is 2. The Morgan fingerprint density at radius 2 is 2.12 bits per heavy atom. The van der Waals surface area contributed by atoms with Crippen molar-refractivity contribution in [3.63, 3.8) is 0 Å². The number of nitrogens with one attached hydrogen (secondary N) is 2. The number of halogens is 3. The summed E-state index contributed by atoms with van der Waals surface area (Å²) in [7, 11) is 5.02. The lowest BCUT2D eigenvalue weighted by Crippen LogP contribution is -2.58. The fourth-order valence-electron chi connectivity index (χ4n) is 1.44. The molecule has 2 N–H and O–H groups in total. The van der Waals surface area contributed by atoms with E-state index in [4.69, 9.17) is 7.85 Å². The number of alkyl halides is 3. The maximum Gasteiger partial charge on any atom is 0.405 e. The van der Waals surface area contributed by atoms with Gasteiger partial charge in [0, 0.05) is 19.6 Å². The third-order valence-corrected chi connectivity index (χ3v) is 2.27. The highest BCUT2D eigenvalue weighted by Gasteiger charge is 2.31. The second-order valence-corrected chi connectivity index (χ2v) is 3.62. The average Bonchev–Trinajstić information content (AvgIpc) is 2.25. The summed E-state index contributed by atoms with van der Waals surface area (Å²) in [5.74, 6) is -1.49. The van der Waals surface area contributed by atoms with Gasteiger partial charge in [0.25, 0.3) is 0 Å². The second kappa shape index (κ2) is 5.39. The number of hydrogen-bond donors (Lipinski definition) is 2. The summed E-state index contributed by atoms with van der Waals surface area (Å²) in [6.07, 6.45) is -4.45. The molecule has 2 amide bonds. The summed E-state index contributed by atoms with van der Waals surface area (Å²) in [4.78, 5) is 23.4. The Labute approximate surface area is 97.1 Å². The van der Waals surface area contributed by atoms with Crippen LogP contribution in [0.15, 0.2) is 0 Å². The maximum atomic E-state index is 11.9. The molecule has 0 saturated carbocycles. The average molecular weight is 249 g/mol. The van der Waals surface area contributed by atoms with E-state index in [0.29, 0.717) is 13.1 Å². The van der Waals surface area contributed by atoms with Gasteiger partial charge in [-0.2, -0.15) is 13.2 Å². The first-order valence-electron chi connectivity index (χ1n) is 4.92. The zero-order valence-electron chi connectivity index (χ0n) is 8.88. The molecule has 5 nitrogen and oxygen atoms in total. The molecule has 94 valence electrons. The van der Waals surface area contributed by atoms with Gasteiger partial charge in [0.15, 0.2) is 5.81 Å². The van der Waals surface area contributed by atoms with Crippen LogP contribution in [0, 0.1) is 0 Å². The highest BCUT2D eigenvalue weighted by molar-refractivity contribution is 6.56. The fourth-order valence-corrected chi connectivity index (χ4v) is 1.44. The minimum absolute atomic E-state index is 0.0287. The van der Waals surface area contributed by atoms with Crippen molar-refractivity contribution in [2.45, 2.75) is 12.2 Å². The van der Waals surface area contributed by atoms with E-state index in [-0.39, 0.29) is 6.54 Å². The van der Waals surface area contributed by atoms with E-state index >= 15 is 0 Å². The summed E-state index contributed by atoms with van der Waals surface area (Å²) in [5.41, 5.74) is 0. The standard InChI is InChI=1S/C8H11BF3N3O2/c9-7(17)15-2-1-13-5(3-15)6(16)14-4-8(10,11)12/h5,13H,1-4H2,(H,14,16)/t5-/m0/s1. The van der Waals surface area contributed by atoms with Crippen LogP contribution >= 0.6 is 0 Å². The van der Waals surface area contributed by atoms with E-state index in [0.717, 1.165) is 0 Å². The Hall–Kier alpha value is -1.25. The number of rotatable bonds is 2. The third kappa shape index (κ3) is 4.64. The van der Waals surface area contributed by atoms with Gasteiger partial charge in [0.2, 0.25) is 13.8 Å². The zero-order chi connectivity index (χ0) is 13.1. The molecule has 9 heteroatoms. The molecule has 1 aliphatic heterocycles. The Bertz CT molecular complexity index is 311. The quantitative estimate of drug-likeness (QED) is 0.631. The van der Waals surface area contributed by atoms with Gasteiger partial charge in [-0.3, -0.25) is 9.59 Å². The molecule has 0 unspecified atom stereocenters. The van der Waals surface area contributed by atoms with E-state index in [1.807, 2.05) is 0 Å². The summed E-state index contributed by atoms with van der Waals surface area (Å²) >= 11 is 0. The molecule has 0 bridgehead atoms. The predicted molar refractivity (Wildman–Crippen MR) is 53.6 cm³/mol. The monoisotopic (exact) mass is 249 g/mol. The molecular weight excluding hydrogens is 238 g/mol. The molecular formula is C8H11BF3N3O2. The van der Waals surface area contributed by atoms with Crippen molar-refractivity contribution in [1.29, 1.82) is 0 Å². The van der Waals surface area contributed by atoms with Crippen LogP contribution in [0.5, 0.6) is 0 Å². The van der Waals surface area contributed by atoms with Crippen molar-refractivity contribution in [3.8, 4) is 0 Å². The molecule has 1 atom stereocenters. The molecule has 1 rings (SSSR count). The van der Waals surface area contributed by atoms with Crippen molar-refractivity contribution in [3.05, 3.63) is 0 Å². The van der Waals surface area contributed by atoms with Crippen molar-refractivity contribution < 1.29 is 22.8 Å². The Morgan fingerprint density at radius 1 is 1.47 bits per heavy atom. The molecule has 1 aliphatic rings. The molecule has 1 saturated heterocycles. The Kier molecular flexibility index (Phi) is 4.38. The lowest BCUT2D eigenvalue weighted by molar-refractivity contribution is -0.140. The zero-order valence-corrected chi connectivity index (χ0v) is 8.88. The van der Waals surface area contributed by atoms with E-state index in [2.05, 4.69) is 5.32 Å². The van der Waals surface area contributed by atoms with Crippen LogP contribution in [0.1, 0.15) is 0 Å². The van der Waals surface area contributed by atoms with Crippen LogP contribution in [0.3, 0.4) is 0 Å². The highest BCUT2D eigenvalue weighted by Crippen LogP contribution is 2.12. The van der Waals surface area contributed by atoms with Gasteiger partial charge < -0.3 is 15.5 Å². The van der Waals surface area contributed by atoms with E-state index < -0.39 is 30.5 Å². The van der Waals surface area contributed by atoms with Crippen molar-refractivity contribution in [1.82, 2.24) is 15.5 Å². The molecule has 0 spiro atoms. The van der Waals surface area contributed by atoms with E-state index in [1.54, 1.807) is 5.32 Å². The number of carbonyl (C=O) groups excluding carboxylic acids is 2. The molecule has 2 radical (unpaired) electrons. The smallest absolute Gasteiger partial charge is 0.349 e. The van der Waals surface area contributed by atoms with Crippen LogP contribution in [0.25, 0.3) is 0 Å². The lowest BCUT2D eigenvalue weighted by atomic mass is 10.1. The van der Waals surface area contributed by atoms with Crippen LogP contribution in [0.4, 0.5) is 18.0 Å². The van der Waals surface area contributed by atoms with Crippen LogP contribution in [0.2, 0.25) is 0 Å². The van der Waals surface area contributed by atoms with Gasteiger partial charge in [-0.25, -0.2) is 0 Å². The van der Waals surface area contributed by atoms with Crippen molar-refractivity contribution >= 4 is 19.6 Å². The summed E-state index contributed by atoms with van der Waals surface area (Å²) < 4.78 is 35.6. The fraction of sp³-hybridized carbons (Fsp3) is 0.750. The Balaban J connectivity index is 2.44. The van der Waals surface area contributed by atoms with E-state index in [1.165, 1.54) is 4.90 Å². The first-order chi connectivity index (χ1) is 7.79. The van der Waals surface area contributed by atoms with Gasteiger partial charge in [0.1, 0.15) is 12.6 Å².